The summed E-state index contributed by atoms with van der Waals surface area (Å²) in [6.07, 6.45) is 0.805. The molecule has 2 unspecified atom stereocenters. The molecule has 0 spiro atoms. The van der Waals surface area contributed by atoms with E-state index < -0.39 is 34.2 Å². The van der Waals surface area contributed by atoms with Gasteiger partial charge in [0.1, 0.15) is 12.2 Å². The summed E-state index contributed by atoms with van der Waals surface area (Å²) in [6.45, 7) is 1.77. The first-order chi connectivity index (χ1) is 14.7. The van der Waals surface area contributed by atoms with Crippen LogP contribution in [0.1, 0.15) is 18.9 Å². The number of carboxylic acids is 1. The van der Waals surface area contributed by atoms with Crippen LogP contribution in [0.25, 0.3) is 11.3 Å². The van der Waals surface area contributed by atoms with E-state index in [9.17, 15) is 22.7 Å². The van der Waals surface area contributed by atoms with Gasteiger partial charge >= 0.3 is 5.97 Å². The quantitative estimate of drug-likeness (QED) is 0.623. The van der Waals surface area contributed by atoms with E-state index in [0.717, 1.165) is 4.31 Å². The number of rotatable bonds is 5. The van der Waals surface area contributed by atoms with Crippen LogP contribution in [0.5, 0.6) is 0 Å². The van der Waals surface area contributed by atoms with Crippen LogP contribution in [0.3, 0.4) is 0 Å². The molecule has 1 saturated heterocycles. The maximum absolute atomic E-state index is 14.1. The molecule has 4 rings (SSSR count). The zero-order valence-corrected chi connectivity index (χ0v) is 18.9. The van der Waals surface area contributed by atoms with Crippen molar-refractivity contribution in [1.29, 1.82) is 0 Å². The third kappa shape index (κ3) is 4.16. The maximum atomic E-state index is 14.1. The average Bonchev–Trinajstić information content (AvgIpc) is 3.00. The van der Waals surface area contributed by atoms with Crippen LogP contribution in [-0.4, -0.2) is 65.2 Å². The van der Waals surface area contributed by atoms with Gasteiger partial charge in [-0.05, 0) is 40.9 Å². The van der Waals surface area contributed by atoms with Gasteiger partial charge in [-0.1, -0.05) is 12.1 Å². The molecule has 0 amide bonds. The first-order valence-electron chi connectivity index (χ1n) is 9.57. The number of aliphatic carboxylic acids is 1. The van der Waals surface area contributed by atoms with Gasteiger partial charge in [0.25, 0.3) is 0 Å². The third-order valence-corrected chi connectivity index (χ3v) is 7.97. The van der Waals surface area contributed by atoms with E-state index in [0.29, 0.717) is 34.3 Å². The highest BCUT2D eigenvalue weighted by molar-refractivity contribution is 9.10. The largest absolute Gasteiger partial charge is 0.480 e. The Balaban J connectivity index is 1.66. The molecule has 0 radical (unpaired) electrons. The summed E-state index contributed by atoms with van der Waals surface area (Å²) >= 11 is 3.38. The van der Waals surface area contributed by atoms with E-state index in [1.54, 1.807) is 12.1 Å². The second kappa shape index (κ2) is 8.41. The van der Waals surface area contributed by atoms with E-state index in [-0.39, 0.29) is 24.0 Å². The standard InChI is InChI=1S/C19H20BrFN4O5S/c1-10(18(26)27)25-8-12-3-2-11(6-16(12)31(25,28)29)17-13(20)7-22-19(24-17)23-15-4-5-30-9-14(15)21/h2-3,6-7,10,14-15H,4-5,8-9H2,1H3,(H,26,27)(H,22,23,24)/t10-,14?,15?/m1/s1. The maximum Gasteiger partial charge on any atom is 0.321 e. The van der Waals surface area contributed by atoms with Crippen molar-refractivity contribution in [1.82, 2.24) is 14.3 Å². The Bertz CT molecular complexity index is 1130. The second-order valence-corrected chi connectivity index (χ2v) is 10.1. The molecule has 31 heavy (non-hydrogen) atoms. The Morgan fingerprint density at radius 3 is 2.94 bits per heavy atom. The van der Waals surface area contributed by atoms with Crippen molar-refractivity contribution in [2.45, 2.75) is 43.0 Å². The third-order valence-electron chi connectivity index (χ3n) is 5.39. The Morgan fingerprint density at radius 2 is 2.23 bits per heavy atom. The highest BCUT2D eigenvalue weighted by Gasteiger charge is 2.40. The molecule has 1 aromatic carbocycles. The zero-order valence-electron chi connectivity index (χ0n) is 16.5. The first kappa shape index (κ1) is 22.1. The van der Waals surface area contributed by atoms with Gasteiger partial charge in [-0.3, -0.25) is 4.79 Å². The van der Waals surface area contributed by atoms with Crippen molar-refractivity contribution in [3.05, 3.63) is 34.4 Å². The molecule has 3 atom stereocenters. The van der Waals surface area contributed by atoms with Crippen LogP contribution >= 0.6 is 15.9 Å². The normalized spacial score (nSPS) is 23.8. The number of alkyl halides is 1. The van der Waals surface area contributed by atoms with Gasteiger partial charge in [0, 0.05) is 24.9 Å². The molecule has 2 aromatic rings. The molecule has 9 nitrogen and oxygen atoms in total. The monoisotopic (exact) mass is 514 g/mol. The van der Waals surface area contributed by atoms with Gasteiger partial charge in [0.15, 0.2) is 0 Å². The molecule has 3 heterocycles. The number of carbonyl (C=O) groups is 1. The summed E-state index contributed by atoms with van der Waals surface area (Å²) in [5.41, 5.74) is 1.46. The molecule has 2 N–H and O–H groups in total. The summed E-state index contributed by atoms with van der Waals surface area (Å²) in [4.78, 5) is 20.0. The molecule has 2 aliphatic rings. The molecular weight excluding hydrogens is 495 g/mol. The molecular formula is C19H20BrFN4O5S. The second-order valence-electron chi connectivity index (χ2n) is 7.41. The van der Waals surface area contributed by atoms with E-state index in [4.69, 9.17) is 4.74 Å². The minimum Gasteiger partial charge on any atom is -0.480 e. The Kier molecular flexibility index (Phi) is 5.99. The van der Waals surface area contributed by atoms with Crippen molar-refractivity contribution in [3.63, 3.8) is 0 Å². The van der Waals surface area contributed by atoms with Crippen molar-refractivity contribution in [2.24, 2.45) is 0 Å². The molecule has 0 aliphatic carbocycles. The number of fused-ring (bicyclic) bond motifs is 1. The molecule has 12 heteroatoms. The fourth-order valence-corrected chi connectivity index (χ4v) is 5.82. The SMILES string of the molecule is C[C@H](C(=O)O)N1Cc2ccc(-c3nc(NC4CCOCC4F)ncc3Br)cc2S1(=O)=O. The predicted octanol–water partition coefficient (Wildman–Crippen LogP) is 2.42. The molecule has 2 aliphatic heterocycles. The number of nitrogens with zero attached hydrogens (tertiary/aromatic N) is 3. The zero-order chi connectivity index (χ0) is 22.3. The summed E-state index contributed by atoms with van der Waals surface area (Å²) in [5.74, 6) is -0.998. The topological polar surface area (TPSA) is 122 Å². The molecule has 0 saturated carbocycles. The van der Waals surface area contributed by atoms with Gasteiger partial charge in [0.05, 0.1) is 27.7 Å². The van der Waals surface area contributed by atoms with Gasteiger partial charge in [-0.15, -0.1) is 0 Å². The lowest BCUT2D eigenvalue weighted by atomic mass is 10.1. The van der Waals surface area contributed by atoms with Crippen LogP contribution in [0.15, 0.2) is 33.8 Å². The number of halogens is 2. The summed E-state index contributed by atoms with van der Waals surface area (Å²) in [7, 11) is -3.96. The molecule has 1 fully saturated rings. The summed E-state index contributed by atoms with van der Waals surface area (Å²) < 4.78 is 46.5. The van der Waals surface area contributed by atoms with Crippen LogP contribution in [0.4, 0.5) is 10.3 Å². The van der Waals surface area contributed by atoms with Crippen LogP contribution in [0, 0.1) is 0 Å². The van der Waals surface area contributed by atoms with Gasteiger partial charge in [0.2, 0.25) is 16.0 Å². The average molecular weight is 515 g/mol. The Morgan fingerprint density at radius 1 is 1.45 bits per heavy atom. The fraction of sp³-hybridized carbons (Fsp3) is 0.421. The highest BCUT2D eigenvalue weighted by Crippen LogP contribution is 2.36. The van der Waals surface area contributed by atoms with E-state index in [1.807, 2.05) is 0 Å². The fourth-order valence-electron chi connectivity index (χ4n) is 3.59. The number of benzene rings is 1. The summed E-state index contributed by atoms with van der Waals surface area (Å²) in [6, 6.07) is 3.17. The minimum atomic E-state index is -3.96. The molecule has 1 aromatic heterocycles. The number of aromatic nitrogens is 2. The van der Waals surface area contributed by atoms with Crippen LogP contribution < -0.4 is 5.32 Å². The molecule has 0 bridgehead atoms. The van der Waals surface area contributed by atoms with Crippen LogP contribution in [-0.2, 0) is 26.1 Å². The van der Waals surface area contributed by atoms with Crippen LogP contribution in [0.2, 0.25) is 0 Å². The number of sulfonamides is 1. The number of hydrogen-bond acceptors (Lipinski definition) is 7. The van der Waals surface area contributed by atoms with Crippen molar-refractivity contribution in [2.75, 3.05) is 18.5 Å². The number of anilines is 1. The Hall–Kier alpha value is -2.15. The lowest BCUT2D eigenvalue weighted by Crippen LogP contribution is -2.39. The number of nitrogens with one attached hydrogen (secondary N) is 1. The minimum absolute atomic E-state index is 0.00893. The summed E-state index contributed by atoms with van der Waals surface area (Å²) in [5, 5.41) is 12.2. The lowest BCUT2D eigenvalue weighted by Gasteiger charge is -2.26. The van der Waals surface area contributed by atoms with Crippen molar-refractivity contribution in [3.8, 4) is 11.3 Å². The van der Waals surface area contributed by atoms with E-state index in [1.165, 1.54) is 19.2 Å². The van der Waals surface area contributed by atoms with Gasteiger partial charge < -0.3 is 15.2 Å². The van der Waals surface area contributed by atoms with Crippen molar-refractivity contribution < 1.29 is 27.4 Å². The van der Waals surface area contributed by atoms with Crippen molar-refractivity contribution >= 4 is 37.9 Å². The first-order valence-corrected chi connectivity index (χ1v) is 11.8. The van der Waals surface area contributed by atoms with E-state index in [2.05, 4.69) is 31.2 Å². The number of carboxylic acid groups (broad SMARTS) is 1. The van der Waals surface area contributed by atoms with E-state index >= 15 is 0 Å². The highest BCUT2D eigenvalue weighted by atomic mass is 79.9. The number of ether oxygens (including phenoxy) is 1. The molecule has 166 valence electrons. The lowest BCUT2D eigenvalue weighted by molar-refractivity contribution is -0.140. The van der Waals surface area contributed by atoms with Gasteiger partial charge in [-0.2, -0.15) is 4.31 Å². The Labute approximate surface area is 186 Å². The van der Waals surface area contributed by atoms with Gasteiger partial charge in [-0.25, -0.2) is 22.8 Å². The smallest absolute Gasteiger partial charge is 0.321 e. The number of hydrogen-bond donors (Lipinski definition) is 2. The predicted molar refractivity (Wildman–Crippen MR) is 113 cm³/mol.